The quantitative estimate of drug-likeness (QED) is 0.754. The zero-order valence-electron chi connectivity index (χ0n) is 10.8. The second kappa shape index (κ2) is 7.01. The Bertz CT molecular complexity index is 591. The Balaban J connectivity index is 2.58. The molecule has 0 saturated heterocycles. The molecule has 1 atom stereocenters. The molecular formula is C12H15ClFNO4S. The fourth-order valence-electron chi connectivity index (χ4n) is 1.47. The van der Waals surface area contributed by atoms with Gasteiger partial charge in [0.15, 0.2) is 0 Å². The summed E-state index contributed by atoms with van der Waals surface area (Å²) in [5.74, 6) is -2.14. The lowest BCUT2D eigenvalue weighted by atomic mass is 10.1. The highest BCUT2D eigenvalue weighted by atomic mass is 35.5. The van der Waals surface area contributed by atoms with Gasteiger partial charge in [0, 0.05) is 6.54 Å². The lowest BCUT2D eigenvalue weighted by Gasteiger charge is -2.08. The van der Waals surface area contributed by atoms with Crippen LogP contribution in [-0.2, 0) is 14.8 Å². The molecule has 0 spiro atoms. The van der Waals surface area contributed by atoms with Crippen molar-refractivity contribution in [3.8, 4) is 0 Å². The molecule has 0 aromatic heterocycles. The van der Waals surface area contributed by atoms with Crippen molar-refractivity contribution in [1.29, 1.82) is 0 Å². The molecule has 0 radical (unpaired) electrons. The van der Waals surface area contributed by atoms with Crippen molar-refractivity contribution >= 4 is 27.6 Å². The van der Waals surface area contributed by atoms with Crippen molar-refractivity contribution < 1.29 is 22.7 Å². The van der Waals surface area contributed by atoms with Gasteiger partial charge in [0.05, 0.1) is 15.8 Å². The van der Waals surface area contributed by atoms with Crippen LogP contribution < -0.4 is 4.72 Å². The van der Waals surface area contributed by atoms with E-state index in [0.717, 1.165) is 18.2 Å². The summed E-state index contributed by atoms with van der Waals surface area (Å²) in [7, 11) is -3.77. The highest BCUT2D eigenvalue weighted by Gasteiger charge is 2.16. The Kier molecular flexibility index (Phi) is 5.91. The van der Waals surface area contributed by atoms with E-state index in [9.17, 15) is 17.6 Å². The fraction of sp³-hybridized carbons (Fsp3) is 0.417. The highest BCUT2D eigenvalue weighted by Crippen LogP contribution is 2.19. The number of carboxylic acids is 1. The molecule has 0 aliphatic carbocycles. The Morgan fingerprint density at radius 2 is 2.15 bits per heavy atom. The van der Waals surface area contributed by atoms with Gasteiger partial charge in [0.25, 0.3) is 0 Å². The number of sulfonamides is 1. The van der Waals surface area contributed by atoms with Crippen molar-refractivity contribution in [2.24, 2.45) is 5.92 Å². The second-order valence-electron chi connectivity index (χ2n) is 4.36. The van der Waals surface area contributed by atoms with Crippen LogP contribution in [0.5, 0.6) is 0 Å². The zero-order chi connectivity index (χ0) is 15.3. The Hall–Kier alpha value is -1.18. The number of aliphatic carboxylic acids is 1. The molecule has 0 bridgehead atoms. The van der Waals surface area contributed by atoms with Crippen LogP contribution in [-0.4, -0.2) is 26.0 Å². The molecule has 8 heteroatoms. The minimum absolute atomic E-state index is 0.106. The van der Waals surface area contributed by atoms with E-state index in [1.807, 2.05) is 0 Å². The van der Waals surface area contributed by atoms with Crippen LogP contribution in [0.3, 0.4) is 0 Å². The second-order valence-corrected chi connectivity index (χ2v) is 6.53. The molecule has 0 aliphatic rings. The summed E-state index contributed by atoms with van der Waals surface area (Å²) in [6.45, 7) is 1.66. The van der Waals surface area contributed by atoms with Crippen molar-refractivity contribution in [2.75, 3.05) is 6.54 Å². The summed E-state index contributed by atoms with van der Waals surface area (Å²) >= 11 is 5.53. The average Bonchev–Trinajstić information content (AvgIpc) is 2.37. The lowest BCUT2D eigenvalue weighted by Crippen LogP contribution is -2.25. The van der Waals surface area contributed by atoms with E-state index in [4.69, 9.17) is 16.7 Å². The average molecular weight is 324 g/mol. The van der Waals surface area contributed by atoms with Crippen LogP contribution in [0.1, 0.15) is 19.8 Å². The van der Waals surface area contributed by atoms with Gasteiger partial charge in [0.2, 0.25) is 10.0 Å². The zero-order valence-corrected chi connectivity index (χ0v) is 12.3. The van der Waals surface area contributed by atoms with E-state index in [2.05, 4.69) is 4.72 Å². The highest BCUT2D eigenvalue weighted by molar-refractivity contribution is 7.89. The number of carbonyl (C=O) groups is 1. The minimum Gasteiger partial charge on any atom is -0.481 e. The maximum Gasteiger partial charge on any atom is 0.306 e. The third-order valence-corrected chi connectivity index (χ3v) is 4.48. The number of benzene rings is 1. The summed E-state index contributed by atoms with van der Waals surface area (Å²) in [4.78, 5) is 10.5. The third kappa shape index (κ3) is 4.73. The van der Waals surface area contributed by atoms with Gasteiger partial charge >= 0.3 is 5.97 Å². The first kappa shape index (κ1) is 16.9. The van der Waals surface area contributed by atoms with E-state index in [-0.39, 0.29) is 16.5 Å². The predicted molar refractivity (Wildman–Crippen MR) is 72.6 cm³/mol. The van der Waals surface area contributed by atoms with Crippen LogP contribution in [0.25, 0.3) is 0 Å². The van der Waals surface area contributed by atoms with Crippen LogP contribution in [0.2, 0.25) is 5.02 Å². The molecule has 0 heterocycles. The molecule has 1 aromatic carbocycles. The molecule has 112 valence electrons. The normalized spacial score (nSPS) is 13.2. The monoisotopic (exact) mass is 323 g/mol. The molecule has 0 amide bonds. The molecule has 1 aromatic rings. The third-order valence-electron chi connectivity index (χ3n) is 2.73. The SMILES string of the molecule is CC(CCCNS(=O)(=O)c1ccc(F)c(Cl)c1)C(=O)O. The number of rotatable bonds is 7. The molecule has 1 unspecified atom stereocenters. The number of carboxylic acid groups (broad SMARTS) is 1. The molecule has 1 rings (SSSR count). The summed E-state index contributed by atoms with van der Waals surface area (Å²) in [5.41, 5.74) is 0. The first-order chi connectivity index (χ1) is 9.24. The summed E-state index contributed by atoms with van der Waals surface area (Å²) < 4.78 is 39.0. The Labute approximate surface area is 121 Å². The smallest absolute Gasteiger partial charge is 0.306 e. The van der Waals surface area contributed by atoms with E-state index in [0.29, 0.717) is 12.8 Å². The maximum absolute atomic E-state index is 13.0. The van der Waals surface area contributed by atoms with Gasteiger partial charge in [0.1, 0.15) is 5.82 Å². The van der Waals surface area contributed by atoms with Crippen LogP contribution in [0, 0.1) is 11.7 Å². The standard InChI is InChI=1S/C12H15ClFNO4S/c1-8(12(16)17)3-2-6-15-20(18,19)9-4-5-11(14)10(13)7-9/h4-5,7-8,15H,2-3,6H2,1H3,(H,16,17). The molecule has 0 saturated carbocycles. The number of hydrogen-bond acceptors (Lipinski definition) is 3. The van der Waals surface area contributed by atoms with E-state index in [1.54, 1.807) is 6.92 Å². The lowest BCUT2D eigenvalue weighted by molar-refractivity contribution is -0.141. The van der Waals surface area contributed by atoms with Gasteiger partial charge in [-0.05, 0) is 31.0 Å². The number of hydrogen-bond donors (Lipinski definition) is 2. The molecule has 0 aliphatic heterocycles. The molecule has 0 fully saturated rings. The maximum atomic E-state index is 13.0. The largest absolute Gasteiger partial charge is 0.481 e. The van der Waals surface area contributed by atoms with Gasteiger partial charge in [-0.15, -0.1) is 0 Å². The van der Waals surface area contributed by atoms with Crippen molar-refractivity contribution in [3.63, 3.8) is 0 Å². The summed E-state index contributed by atoms with van der Waals surface area (Å²) in [5, 5.41) is 8.42. The Morgan fingerprint density at radius 1 is 1.50 bits per heavy atom. The van der Waals surface area contributed by atoms with Gasteiger partial charge in [-0.3, -0.25) is 4.79 Å². The van der Waals surface area contributed by atoms with Crippen molar-refractivity contribution in [3.05, 3.63) is 29.0 Å². The first-order valence-corrected chi connectivity index (χ1v) is 7.77. The van der Waals surface area contributed by atoms with E-state index >= 15 is 0 Å². The van der Waals surface area contributed by atoms with Crippen LogP contribution in [0.4, 0.5) is 4.39 Å². The van der Waals surface area contributed by atoms with Crippen LogP contribution in [0.15, 0.2) is 23.1 Å². The van der Waals surface area contributed by atoms with Gasteiger partial charge in [-0.2, -0.15) is 0 Å². The van der Waals surface area contributed by atoms with Gasteiger partial charge in [-0.25, -0.2) is 17.5 Å². The molecule has 2 N–H and O–H groups in total. The minimum atomic E-state index is -3.77. The summed E-state index contributed by atoms with van der Waals surface area (Å²) in [6, 6.07) is 3.12. The number of halogens is 2. The summed E-state index contributed by atoms with van der Waals surface area (Å²) in [6.07, 6.45) is 0.754. The van der Waals surface area contributed by atoms with Crippen molar-refractivity contribution in [1.82, 2.24) is 4.72 Å². The van der Waals surface area contributed by atoms with E-state index < -0.39 is 27.7 Å². The topological polar surface area (TPSA) is 83.5 Å². The van der Waals surface area contributed by atoms with Gasteiger partial charge < -0.3 is 5.11 Å². The Morgan fingerprint density at radius 3 is 2.70 bits per heavy atom. The molecule has 20 heavy (non-hydrogen) atoms. The van der Waals surface area contributed by atoms with Crippen LogP contribution >= 0.6 is 11.6 Å². The van der Waals surface area contributed by atoms with Gasteiger partial charge in [-0.1, -0.05) is 18.5 Å². The molecular weight excluding hydrogens is 309 g/mol. The predicted octanol–water partition coefficient (Wildman–Crippen LogP) is 2.26. The molecule has 5 nitrogen and oxygen atoms in total. The van der Waals surface area contributed by atoms with Crippen molar-refractivity contribution in [2.45, 2.75) is 24.7 Å². The number of nitrogens with one attached hydrogen (secondary N) is 1. The fourth-order valence-corrected chi connectivity index (χ4v) is 2.81. The van der Waals surface area contributed by atoms with E-state index in [1.165, 1.54) is 0 Å². The first-order valence-electron chi connectivity index (χ1n) is 5.91.